The normalized spacial score (nSPS) is 17.6. The lowest BCUT2D eigenvalue weighted by molar-refractivity contribution is -0.131. The van der Waals surface area contributed by atoms with Crippen LogP contribution in [0.2, 0.25) is 0 Å². The van der Waals surface area contributed by atoms with E-state index in [1.54, 1.807) is 11.8 Å². The van der Waals surface area contributed by atoms with Gasteiger partial charge in [0, 0.05) is 38.8 Å². The van der Waals surface area contributed by atoms with Gasteiger partial charge in [-0.2, -0.15) is 5.10 Å². The zero-order valence-electron chi connectivity index (χ0n) is 15.0. The van der Waals surface area contributed by atoms with E-state index < -0.39 is 0 Å². The first kappa shape index (κ1) is 17.2. The van der Waals surface area contributed by atoms with Gasteiger partial charge in [0.05, 0.1) is 6.04 Å². The Bertz CT molecular complexity index is 769. The molecule has 1 fully saturated rings. The van der Waals surface area contributed by atoms with E-state index in [1.807, 2.05) is 59.8 Å². The van der Waals surface area contributed by atoms with Crippen molar-refractivity contribution in [1.29, 1.82) is 0 Å². The molecule has 0 bridgehead atoms. The topological polar surface area (TPSA) is 58.4 Å². The van der Waals surface area contributed by atoms with E-state index in [0.29, 0.717) is 25.3 Å². The molecule has 1 aliphatic rings. The molecule has 0 N–H and O–H groups in total. The molecule has 1 aromatic heterocycles. The number of aromatic nitrogens is 2. The molecule has 1 aliphatic heterocycles. The number of hydrogen-bond acceptors (Lipinski definition) is 3. The number of piperazine rings is 1. The van der Waals surface area contributed by atoms with Crippen molar-refractivity contribution in [2.45, 2.75) is 33.4 Å². The first-order valence-corrected chi connectivity index (χ1v) is 8.67. The van der Waals surface area contributed by atoms with E-state index >= 15 is 0 Å². The fourth-order valence-corrected chi connectivity index (χ4v) is 3.35. The predicted octanol–water partition coefficient (Wildman–Crippen LogP) is 2.26. The predicted molar refractivity (Wildman–Crippen MR) is 95.1 cm³/mol. The first-order valence-electron chi connectivity index (χ1n) is 8.67. The Morgan fingerprint density at radius 3 is 2.52 bits per heavy atom. The maximum absolute atomic E-state index is 13.1. The quantitative estimate of drug-likeness (QED) is 0.861. The van der Waals surface area contributed by atoms with E-state index in [-0.39, 0.29) is 17.9 Å². The van der Waals surface area contributed by atoms with Gasteiger partial charge in [0.15, 0.2) is 5.69 Å². The summed E-state index contributed by atoms with van der Waals surface area (Å²) in [4.78, 5) is 28.6. The van der Waals surface area contributed by atoms with Crippen LogP contribution in [-0.2, 0) is 11.3 Å². The number of aryl methyl sites for hydroxylation is 2. The molecule has 0 spiro atoms. The van der Waals surface area contributed by atoms with Crippen LogP contribution in [0.25, 0.3) is 0 Å². The van der Waals surface area contributed by atoms with Gasteiger partial charge in [-0.3, -0.25) is 14.3 Å². The van der Waals surface area contributed by atoms with Gasteiger partial charge in [-0.05, 0) is 25.5 Å². The molecule has 6 nitrogen and oxygen atoms in total. The van der Waals surface area contributed by atoms with Crippen LogP contribution in [0.1, 0.15) is 41.6 Å². The summed E-state index contributed by atoms with van der Waals surface area (Å²) in [6.45, 7) is 7.85. The second-order valence-electron chi connectivity index (χ2n) is 6.38. The summed E-state index contributed by atoms with van der Waals surface area (Å²) in [6.07, 6.45) is 0. The number of rotatable bonds is 3. The fourth-order valence-electron chi connectivity index (χ4n) is 3.35. The fraction of sp³-hybridized carbons (Fsp3) is 0.421. The summed E-state index contributed by atoms with van der Waals surface area (Å²) in [5, 5.41) is 4.43. The lowest BCUT2D eigenvalue weighted by Gasteiger charge is -2.41. The molecule has 132 valence electrons. The van der Waals surface area contributed by atoms with E-state index in [2.05, 4.69) is 5.10 Å². The minimum absolute atomic E-state index is 0.0409. The molecule has 3 rings (SSSR count). The molecule has 0 aliphatic carbocycles. The van der Waals surface area contributed by atoms with Crippen molar-refractivity contribution >= 4 is 11.8 Å². The maximum atomic E-state index is 13.1. The lowest BCUT2D eigenvalue weighted by Crippen LogP contribution is -2.52. The number of hydrogen-bond donors (Lipinski definition) is 0. The van der Waals surface area contributed by atoms with Crippen LogP contribution in [0.15, 0.2) is 36.4 Å². The molecule has 2 amide bonds. The highest BCUT2D eigenvalue weighted by molar-refractivity contribution is 5.93. The third-order valence-corrected chi connectivity index (χ3v) is 4.77. The molecule has 0 saturated carbocycles. The highest BCUT2D eigenvalue weighted by Gasteiger charge is 2.34. The van der Waals surface area contributed by atoms with Crippen molar-refractivity contribution in [2.24, 2.45) is 0 Å². The highest BCUT2D eigenvalue weighted by Crippen LogP contribution is 2.27. The van der Waals surface area contributed by atoms with E-state index in [0.717, 1.165) is 17.8 Å². The molecule has 6 heteroatoms. The third kappa shape index (κ3) is 3.43. The number of carbonyl (C=O) groups is 2. The van der Waals surface area contributed by atoms with Crippen molar-refractivity contribution < 1.29 is 9.59 Å². The Balaban J connectivity index is 1.91. The van der Waals surface area contributed by atoms with Gasteiger partial charge >= 0.3 is 0 Å². The number of benzene rings is 1. The zero-order valence-corrected chi connectivity index (χ0v) is 15.0. The zero-order chi connectivity index (χ0) is 18.0. The van der Waals surface area contributed by atoms with Crippen LogP contribution in [-0.4, -0.2) is 51.0 Å². The molecular weight excluding hydrogens is 316 g/mol. The van der Waals surface area contributed by atoms with Gasteiger partial charge in [-0.1, -0.05) is 30.3 Å². The Morgan fingerprint density at radius 1 is 1.20 bits per heavy atom. The molecule has 1 aromatic carbocycles. The highest BCUT2D eigenvalue weighted by atomic mass is 16.2. The van der Waals surface area contributed by atoms with E-state index in [1.165, 1.54) is 0 Å². The van der Waals surface area contributed by atoms with Crippen molar-refractivity contribution in [1.82, 2.24) is 19.6 Å². The third-order valence-electron chi connectivity index (χ3n) is 4.77. The molecule has 1 saturated heterocycles. The average Bonchev–Trinajstić information content (AvgIpc) is 3.02. The number of amides is 2. The Morgan fingerprint density at radius 2 is 1.92 bits per heavy atom. The smallest absolute Gasteiger partial charge is 0.274 e. The van der Waals surface area contributed by atoms with Crippen LogP contribution >= 0.6 is 0 Å². The second kappa shape index (κ2) is 7.09. The van der Waals surface area contributed by atoms with E-state index in [4.69, 9.17) is 0 Å². The molecule has 1 unspecified atom stereocenters. The Hall–Kier alpha value is -2.63. The molecule has 2 aromatic rings. The lowest BCUT2D eigenvalue weighted by atomic mass is 10.0. The van der Waals surface area contributed by atoms with Crippen LogP contribution < -0.4 is 0 Å². The van der Waals surface area contributed by atoms with Gasteiger partial charge in [-0.25, -0.2) is 0 Å². The molecule has 25 heavy (non-hydrogen) atoms. The second-order valence-corrected chi connectivity index (χ2v) is 6.38. The van der Waals surface area contributed by atoms with Crippen LogP contribution in [0.3, 0.4) is 0 Å². The van der Waals surface area contributed by atoms with Gasteiger partial charge in [-0.15, -0.1) is 0 Å². The summed E-state index contributed by atoms with van der Waals surface area (Å²) in [6, 6.07) is 11.6. The van der Waals surface area contributed by atoms with Crippen LogP contribution in [0, 0.1) is 6.92 Å². The molecule has 0 radical (unpaired) electrons. The first-order chi connectivity index (χ1) is 12.0. The number of carbonyl (C=O) groups excluding carboxylic acids is 2. The average molecular weight is 340 g/mol. The minimum atomic E-state index is -0.154. The summed E-state index contributed by atoms with van der Waals surface area (Å²) in [7, 11) is 0. The van der Waals surface area contributed by atoms with Crippen molar-refractivity contribution in [2.75, 3.05) is 19.6 Å². The SMILES string of the molecule is CCn1nc(C(=O)N2CCN(C(C)=O)CC2c2ccccc2)cc1C. The Labute approximate surface area is 148 Å². The summed E-state index contributed by atoms with van der Waals surface area (Å²) in [5.41, 5.74) is 2.48. The minimum Gasteiger partial charge on any atom is -0.339 e. The van der Waals surface area contributed by atoms with Gasteiger partial charge in [0.25, 0.3) is 5.91 Å². The van der Waals surface area contributed by atoms with Crippen molar-refractivity contribution in [3.8, 4) is 0 Å². The monoisotopic (exact) mass is 340 g/mol. The summed E-state index contributed by atoms with van der Waals surface area (Å²) < 4.78 is 1.83. The van der Waals surface area contributed by atoms with Gasteiger partial charge in [0.1, 0.15) is 0 Å². The summed E-state index contributed by atoms with van der Waals surface area (Å²) in [5.74, 6) is -0.0357. The van der Waals surface area contributed by atoms with Crippen molar-refractivity contribution in [3.05, 3.63) is 53.3 Å². The molecular formula is C19H24N4O2. The molecule has 2 heterocycles. The number of nitrogens with zero attached hydrogens (tertiary/aromatic N) is 4. The Kier molecular flexibility index (Phi) is 4.88. The van der Waals surface area contributed by atoms with Gasteiger partial charge in [0.2, 0.25) is 5.91 Å². The molecule has 1 atom stereocenters. The van der Waals surface area contributed by atoms with Crippen LogP contribution in [0.5, 0.6) is 0 Å². The van der Waals surface area contributed by atoms with Crippen LogP contribution in [0.4, 0.5) is 0 Å². The standard InChI is InChI=1S/C19H24N4O2/c1-4-23-14(2)12-17(20-23)19(25)22-11-10-21(15(3)24)13-18(22)16-8-6-5-7-9-16/h5-9,12,18H,4,10-11,13H2,1-3H3. The van der Waals surface area contributed by atoms with Crippen molar-refractivity contribution in [3.63, 3.8) is 0 Å². The largest absolute Gasteiger partial charge is 0.339 e. The maximum Gasteiger partial charge on any atom is 0.274 e. The summed E-state index contributed by atoms with van der Waals surface area (Å²) >= 11 is 0. The van der Waals surface area contributed by atoms with E-state index in [9.17, 15) is 9.59 Å². The van der Waals surface area contributed by atoms with Gasteiger partial charge < -0.3 is 9.80 Å².